The van der Waals surface area contributed by atoms with Crippen LogP contribution in [0.3, 0.4) is 0 Å². The minimum Gasteiger partial charge on any atom is -0.508 e. The Hall–Kier alpha value is -3.94. The van der Waals surface area contributed by atoms with Crippen LogP contribution in [0.5, 0.6) is 5.75 Å². The van der Waals surface area contributed by atoms with Gasteiger partial charge in [-0.15, -0.1) is 0 Å². The lowest BCUT2D eigenvalue weighted by molar-refractivity contribution is -0.133. The first-order chi connectivity index (χ1) is 19.5. The zero-order valence-corrected chi connectivity index (χ0v) is 25.5. The molecule has 0 saturated carbocycles. The van der Waals surface area contributed by atoms with E-state index in [1.54, 1.807) is 19.1 Å². The van der Waals surface area contributed by atoms with Gasteiger partial charge in [0, 0.05) is 37.5 Å². The molecule has 1 aromatic carbocycles. The fraction of sp³-hybridized carbons (Fsp3) is 0.536. The van der Waals surface area contributed by atoms with Gasteiger partial charge in [0.2, 0.25) is 29.5 Å². The summed E-state index contributed by atoms with van der Waals surface area (Å²) in [7, 11) is -3.52. The molecule has 0 bridgehead atoms. The molecule has 0 aliphatic rings. The molecule has 0 heterocycles. The number of benzene rings is 1. The van der Waals surface area contributed by atoms with Gasteiger partial charge in [0.25, 0.3) is 0 Å². The molecule has 0 aromatic heterocycles. The van der Waals surface area contributed by atoms with E-state index >= 15 is 0 Å². The van der Waals surface area contributed by atoms with Crippen molar-refractivity contribution in [3.05, 3.63) is 41.3 Å². The smallest absolute Gasteiger partial charge is 0.243 e. The SMILES string of the molecule is CC[C@H](NC(C)=O)C(=O)N[C@H](Cc1ccc(O)cc1)C(=O)N[C@@H](CC(C)C)C(=O)N[C@H](/C=C/S(C)(=O)=O)CCC(N)=O. The maximum absolute atomic E-state index is 13.5. The number of phenolic OH excluding ortho intramolecular Hbond substituents is 1. The van der Waals surface area contributed by atoms with E-state index in [1.807, 2.05) is 13.8 Å². The Labute approximate surface area is 247 Å². The topological polar surface area (TPSA) is 214 Å². The fourth-order valence-corrected chi connectivity index (χ4v) is 4.43. The average Bonchev–Trinajstić information content (AvgIpc) is 2.88. The number of nitrogens with two attached hydrogens (primary N) is 1. The molecule has 5 amide bonds. The number of amides is 5. The molecule has 0 radical (unpaired) electrons. The zero-order valence-electron chi connectivity index (χ0n) is 24.7. The molecular formula is C28H43N5O8S. The standard InChI is InChI=1S/C28H43N5O8S/c1-6-22(30-18(4)34)26(37)33-24(16-19-7-10-21(35)11-8-19)28(39)32-23(15-17(2)3)27(38)31-20(9-12-25(29)36)13-14-42(5,40)41/h7-8,10-11,13-14,17,20,22-24,35H,6,9,12,15-16H2,1-5H3,(H2,29,36)(H,30,34)(H,31,38)(H,32,39)(H,33,37)/b14-13+/t20-,22-,23-,24+/m0/s1. The Balaban J connectivity index is 3.26. The van der Waals surface area contributed by atoms with Crippen LogP contribution in [-0.4, -0.2) is 73.5 Å². The van der Waals surface area contributed by atoms with Crippen LogP contribution < -0.4 is 27.0 Å². The normalized spacial score (nSPS) is 14.4. The first-order valence-corrected chi connectivity index (χ1v) is 15.6. The van der Waals surface area contributed by atoms with E-state index in [1.165, 1.54) is 25.1 Å². The van der Waals surface area contributed by atoms with Crippen molar-refractivity contribution in [2.45, 2.75) is 84.0 Å². The number of carbonyl (C=O) groups excluding carboxylic acids is 5. The zero-order chi connectivity index (χ0) is 32.0. The molecule has 0 unspecified atom stereocenters. The lowest BCUT2D eigenvalue weighted by atomic mass is 10.00. The van der Waals surface area contributed by atoms with Gasteiger partial charge in [0.15, 0.2) is 9.84 Å². The van der Waals surface area contributed by atoms with Gasteiger partial charge in [-0.3, -0.25) is 24.0 Å². The van der Waals surface area contributed by atoms with Crippen LogP contribution in [0.15, 0.2) is 35.7 Å². The van der Waals surface area contributed by atoms with Crippen molar-refractivity contribution in [2.75, 3.05) is 6.26 Å². The summed E-state index contributed by atoms with van der Waals surface area (Å²) in [4.78, 5) is 62.7. The molecule has 13 nitrogen and oxygen atoms in total. The van der Waals surface area contributed by atoms with Gasteiger partial charge in [0.05, 0.1) is 0 Å². The maximum atomic E-state index is 13.5. The molecule has 0 saturated heterocycles. The minimum absolute atomic E-state index is 0.0166. The van der Waals surface area contributed by atoms with E-state index in [4.69, 9.17) is 5.73 Å². The number of primary amides is 1. The summed E-state index contributed by atoms with van der Waals surface area (Å²) >= 11 is 0. The highest BCUT2D eigenvalue weighted by Gasteiger charge is 2.30. The predicted molar refractivity (Wildman–Crippen MR) is 157 cm³/mol. The third-order valence-electron chi connectivity index (χ3n) is 6.04. The Morgan fingerprint density at radius 2 is 1.45 bits per heavy atom. The van der Waals surface area contributed by atoms with Crippen molar-refractivity contribution >= 4 is 39.4 Å². The number of nitrogens with one attached hydrogen (secondary N) is 4. The van der Waals surface area contributed by atoms with E-state index in [0.29, 0.717) is 5.56 Å². The molecule has 0 aliphatic carbocycles. The van der Waals surface area contributed by atoms with E-state index < -0.39 is 63.5 Å². The fourth-order valence-electron chi connectivity index (χ4n) is 3.96. The van der Waals surface area contributed by atoms with Gasteiger partial charge in [-0.25, -0.2) is 8.42 Å². The summed E-state index contributed by atoms with van der Waals surface area (Å²) in [5.41, 5.74) is 5.84. The van der Waals surface area contributed by atoms with Crippen molar-refractivity contribution in [3.8, 4) is 5.75 Å². The highest BCUT2D eigenvalue weighted by atomic mass is 32.2. The van der Waals surface area contributed by atoms with Crippen LogP contribution in [0.25, 0.3) is 0 Å². The number of phenols is 1. The number of carbonyl (C=O) groups is 5. The monoisotopic (exact) mass is 609 g/mol. The molecular weight excluding hydrogens is 566 g/mol. The summed E-state index contributed by atoms with van der Waals surface area (Å²) in [5.74, 6) is -2.96. The van der Waals surface area contributed by atoms with Gasteiger partial charge < -0.3 is 32.1 Å². The van der Waals surface area contributed by atoms with Crippen molar-refractivity contribution in [3.63, 3.8) is 0 Å². The second-order valence-corrected chi connectivity index (χ2v) is 12.5. The second kappa shape index (κ2) is 17.1. The van der Waals surface area contributed by atoms with E-state index in [2.05, 4.69) is 21.3 Å². The number of hydrogen-bond donors (Lipinski definition) is 6. The third-order valence-corrected chi connectivity index (χ3v) is 6.69. The van der Waals surface area contributed by atoms with Crippen molar-refractivity contribution in [1.29, 1.82) is 0 Å². The van der Waals surface area contributed by atoms with Gasteiger partial charge in [-0.05, 0) is 42.9 Å². The van der Waals surface area contributed by atoms with Crippen molar-refractivity contribution in [2.24, 2.45) is 11.7 Å². The Morgan fingerprint density at radius 3 is 1.95 bits per heavy atom. The van der Waals surface area contributed by atoms with Crippen LogP contribution in [-0.2, 0) is 40.2 Å². The first kappa shape index (κ1) is 36.1. The molecule has 14 heteroatoms. The van der Waals surface area contributed by atoms with E-state index in [0.717, 1.165) is 11.7 Å². The van der Waals surface area contributed by atoms with E-state index in [9.17, 15) is 37.5 Å². The van der Waals surface area contributed by atoms with Gasteiger partial charge in [0.1, 0.15) is 23.9 Å². The quantitative estimate of drug-likeness (QED) is 0.143. The molecule has 1 rings (SSSR count). The van der Waals surface area contributed by atoms with E-state index in [-0.39, 0.29) is 43.8 Å². The van der Waals surface area contributed by atoms with Crippen LogP contribution in [0.1, 0.15) is 58.9 Å². The van der Waals surface area contributed by atoms with Crippen LogP contribution in [0, 0.1) is 5.92 Å². The molecule has 1 aromatic rings. The van der Waals surface area contributed by atoms with Crippen molar-refractivity contribution < 1.29 is 37.5 Å². The van der Waals surface area contributed by atoms with Crippen LogP contribution in [0.4, 0.5) is 0 Å². The third kappa shape index (κ3) is 14.6. The molecule has 0 spiro atoms. The molecule has 0 aliphatic heterocycles. The summed E-state index contributed by atoms with van der Waals surface area (Å²) in [6.45, 7) is 6.66. The molecule has 4 atom stereocenters. The van der Waals surface area contributed by atoms with Gasteiger partial charge in [-0.1, -0.05) is 39.0 Å². The van der Waals surface area contributed by atoms with Crippen molar-refractivity contribution in [1.82, 2.24) is 21.3 Å². The highest BCUT2D eigenvalue weighted by molar-refractivity contribution is 7.93. The van der Waals surface area contributed by atoms with Crippen LogP contribution >= 0.6 is 0 Å². The molecule has 42 heavy (non-hydrogen) atoms. The second-order valence-electron chi connectivity index (χ2n) is 10.6. The summed E-state index contributed by atoms with van der Waals surface area (Å²) < 4.78 is 23.3. The summed E-state index contributed by atoms with van der Waals surface area (Å²) in [6.07, 6.45) is 2.64. The molecule has 234 valence electrons. The van der Waals surface area contributed by atoms with Gasteiger partial charge in [-0.2, -0.15) is 0 Å². The predicted octanol–water partition coefficient (Wildman–Crippen LogP) is 0.174. The summed E-state index contributed by atoms with van der Waals surface area (Å²) in [6, 6.07) is 2.07. The average molecular weight is 610 g/mol. The Kier molecular flexibility index (Phi) is 14.7. The van der Waals surface area contributed by atoms with Gasteiger partial charge >= 0.3 is 0 Å². The lowest BCUT2D eigenvalue weighted by Gasteiger charge is -2.27. The minimum atomic E-state index is -3.52. The summed E-state index contributed by atoms with van der Waals surface area (Å²) in [5, 5.41) is 21.1. The number of hydrogen-bond acceptors (Lipinski definition) is 8. The molecule has 0 fully saturated rings. The number of sulfone groups is 1. The highest BCUT2D eigenvalue weighted by Crippen LogP contribution is 2.13. The van der Waals surface area contributed by atoms with Crippen LogP contribution in [0.2, 0.25) is 0 Å². The maximum Gasteiger partial charge on any atom is 0.243 e. The largest absolute Gasteiger partial charge is 0.508 e. The molecule has 7 N–H and O–H groups in total. The first-order valence-electron chi connectivity index (χ1n) is 13.6. The number of aromatic hydroxyl groups is 1. The Bertz CT molecular complexity index is 1230. The Morgan fingerprint density at radius 1 is 0.905 bits per heavy atom. The number of rotatable bonds is 17. The lowest BCUT2D eigenvalue weighted by Crippen LogP contribution is -2.57.